The Morgan fingerprint density at radius 2 is 1.85 bits per heavy atom. The van der Waals surface area contributed by atoms with Crippen molar-refractivity contribution in [3.05, 3.63) is 96.4 Å². The molecule has 5 aromatic rings. The van der Waals surface area contributed by atoms with Gasteiger partial charge in [-0.1, -0.05) is 18.2 Å². The van der Waals surface area contributed by atoms with Crippen LogP contribution in [0.2, 0.25) is 0 Å². The first-order valence-corrected chi connectivity index (χ1v) is 9.96. The minimum absolute atomic E-state index is 0.0794. The first-order chi connectivity index (χ1) is 15.9. The fraction of sp³-hybridized carbons (Fsp3) is 0.0417. The van der Waals surface area contributed by atoms with E-state index in [0.717, 1.165) is 34.6 Å². The highest BCUT2D eigenvalue weighted by Gasteiger charge is 2.30. The summed E-state index contributed by atoms with van der Waals surface area (Å²) in [5, 5.41) is 7.13. The summed E-state index contributed by atoms with van der Waals surface area (Å²) in [6, 6.07) is 16.9. The molecule has 0 radical (unpaired) electrons. The molecule has 0 aliphatic carbocycles. The first kappa shape index (κ1) is 20.5. The van der Waals surface area contributed by atoms with Gasteiger partial charge in [0.05, 0.1) is 28.7 Å². The fourth-order valence-corrected chi connectivity index (χ4v) is 3.59. The molecule has 2 N–H and O–H groups in total. The van der Waals surface area contributed by atoms with E-state index in [2.05, 4.69) is 20.4 Å². The second kappa shape index (κ2) is 7.94. The highest BCUT2D eigenvalue weighted by Crippen LogP contribution is 2.30. The first-order valence-electron chi connectivity index (χ1n) is 9.96. The average molecular weight is 447 g/mol. The third kappa shape index (κ3) is 3.96. The maximum Gasteiger partial charge on any atom is 0.416 e. The van der Waals surface area contributed by atoms with E-state index in [1.807, 2.05) is 24.4 Å². The molecular formula is C24H16F3N5O. The van der Waals surface area contributed by atoms with Crippen molar-refractivity contribution in [1.29, 1.82) is 0 Å². The molecule has 2 aromatic carbocycles. The minimum atomic E-state index is -4.52. The molecular weight excluding hydrogens is 431 g/mol. The number of aromatic amines is 1. The van der Waals surface area contributed by atoms with E-state index >= 15 is 0 Å². The number of aromatic nitrogens is 4. The molecule has 0 fully saturated rings. The van der Waals surface area contributed by atoms with Gasteiger partial charge in [-0.3, -0.25) is 4.79 Å². The maximum absolute atomic E-state index is 13.0. The number of carbonyl (C=O) groups is 1. The minimum Gasteiger partial charge on any atom is -0.361 e. The molecule has 0 unspecified atom stereocenters. The van der Waals surface area contributed by atoms with Gasteiger partial charge in [-0.25, -0.2) is 9.50 Å². The molecule has 0 aliphatic rings. The molecule has 6 nitrogen and oxygen atoms in total. The molecule has 0 saturated heterocycles. The van der Waals surface area contributed by atoms with Gasteiger partial charge in [-0.2, -0.15) is 18.3 Å². The predicted molar refractivity (Wildman–Crippen MR) is 118 cm³/mol. The van der Waals surface area contributed by atoms with Crippen molar-refractivity contribution in [1.82, 2.24) is 19.6 Å². The lowest BCUT2D eigenvalue weighted by Crippen LogP contribution is -2.14. The fourth-order valence-electron chi connectivity index (χ4n) is 3.59. The van der Waals surface area contributed by atoms with Crippen LogP contribution in [-0.2, 0) is 6.18 Å². The second-order valence-corrected chi connectivity index (χ2v) is 7.32. The van der Waals surface area contributed by atoms with Crippen LogP contribution >= 0.6 is 0 Å². The molecule has 3 aromatic heterocycles. The molecule has 1 amide bonds. The molecule has 0 spiro atoms. The van der Waals surface area contributed by atoms with Gasteiger partial charge in [0.25, 0.3) is 5.91 Å². The molecule has 0 aliphatic heterocycles. The molecule has 5 rings (SSSR count). The van der Waals surface area contributed by atoms with E-state index in [1.165, 1.54) is 12.1 Å². The molecule has 0 bridgehead atoms. The standard InChI is InChI=1S/C24H16F3N5O/c25-24(26,27)17-6-1-5-16(12-17)23(33)31-18-7-2-4-15(13-18)21-9-11-29-22-19(14-30-32(21)22)20-8-3-10-28-20/h1-14,28H,(H,31,33). The monoisotopic (exact) mass is 447 g/mol. The largest absolute Gasteiger partial charge is 0.416 e. The lowest BCUT2D eigenvalue weighted by atomic mass is 10.1. The second-order valence-electron chi connectivity index (χ2n) is 7.32. The maximum atomic E-state index is 13.0. The molecule has 9 heteroatoms. The normalized spacial score (nSPS) is 11.6. The number of carbonyl (C=O) groups excluding carboxylic acids is 1. The van der Waals surface area contributed by atoms with Crippen molar-refractivity contribution in [2.24, 2.45) is 0 Å². The van der Waals surface area contributed by atoms with Crippen molar-refractivity contribution in [2.45, 2.75) is 6.18 Å². The van der Waals surface area contributed by atoms with Crippen LogP contribution in [0.25, 0.3) is 28.2 Å². The zero-order valence-electron chi connectivity index (χ0n) is 17.0. The number of rotatable bonds is 4. The number of fused-ring (bicyclic) bond motifs is 1. The number of amides is 1. The van der Waals surface area contributed by atoms with Crippen LogP contribution in [0.3, 0.4) is 0 Å². The van der Waals surface area contributed by atoms with E-state index in [0.29, 0.717) is 11.3 Å². The number of nitrogens with one attached hydrogen (secondary N) is 2. The van der Waals surface area contributed by atoms with Gasteiger partial charge in [-0.15, -0.1) is 0 Å². The summed E-state index contributed by atoms with van der Waals surface area (Å²) >= 11 is 0. The molecule has 0 atom stereocenters. The van der Waals surface area contributed by atoms with E-state index in [9.17, 15) is 18.0 Å². The number of halogens is 3. The van der Waals surface area contributed by atoms with Gasteiger partial charge >= 0.3 is 6.18 Å². The number of benzene rings is 2. The van der Waals surface area contributed by atoms with Gasteiger partial charge in [0.1, 0.15) is 0 Å². The quantitative estimate of drug-likeness (QED) is 0.373. The van der Waals surface area contributed by atoms with Crippen molar-refractivity contribution < 1.29 is 18.0 Å². The number of nitrogens with zero attached hydrogens (tertiary/aromatic N) is 3. The highest BCUT2D eigenvalue weighted by molar-refractivity contribution is 6.04. The van der Waals surface area contributed by atoms with Crippen LogP contribution in [0.4, 0.5) is 18.9 Å². The summed E-state index contributed by atoms with van der Waals surface area (Å²) in [5.41, 5.74) is 3.37. The van der Waals surface area contributed by atoms with Crippen molar-refractivity contribution in [2.75, 3.05) is 5.32 Å². The van der Waals surface area contributed by atoms with Gasteiger partial charge in [-0.05, 0) is 48.5 Å². The number of alkyl halides is 3. The highest BCUT2D eigenvalue weighted by atomic mass is 19.4. The molecule has 33 heavy (non-hydrogen) atoms. The van der Waals surface area contributed by atoms with Crippen molar-refractivity contribution in [3.63, 3.8) is 0 Å². The van der Waals surface area contributed by atoms with Gasteiger partial charge in [0, 0.05) is 29.2 Å². The third-order valence-corrected chi connectivity index (χ3v) is 5.16. The van der Waals surface area contributed by atoms with Gasteiger partial charge in [0.2, 0.25) is 0 Å². The van der Waals surface area contributed by atoms with E-state index in [4.69, 9.17) is 0 Å². The third-order valence-electron chi connectivity index (χ3n) is 5.16. The summed E-state index contributed by atoms with van der Waals surface area (Å²) < 4.78 is 40.6. The Balaban J connectivity index is 1.46. The number of H-pyrrole nitrogens is 1. The zero-order valence-corrected chi connectivity index (χ0v) is 17.0. The summed E-state index contributed by atoms with van der Waals surface area (Å²) in [6.07, 6.45) is 0.689. The SMILES string of the molecule is O=C(Nc1cccc(-c2ccnc3c(-c4ccc[nH]4)cnn23)c1)c1cccc(C(F)(F)F)c1. The van der Waals surface area contributed by atoms with Crippen LogP contribution in [0.5, 0.6) is 0 Å². The zero-order chi connectivity index (χ0) is 23.0. The lowest BCUT2D eigenvalue weighted by molar-refractivity contribution is -0.137. The summed E-state index contributed by atoms with van der Waals surface area (Å²) in [5.74, 6) is -0.633. The Morgan fingerprint density at radius 3 is 2.64 bits per heavy atom. The van der Waals surface area contributed by atoms with E-state index < -0.39 is 17.6 Å². The average Bonchev–Trinajstić information content (AvgIpc) is 3.48. The van der Waals surface area contributed by atoms with Crippen LogP contribution in [0.1, 0.15) is 15.9 Å². The van der Waals surface area contributed by atoms with Crippen LogP contribution < -0.4 is 5.32 Å². The van der Waals surface area contributed by atoms with Crippen molar-refractivity contribution >= 4 is 17.2 Å². The van der Waals surface area contributed by atoms with Crippen molar-refractivity contribution in [3.8, 4) is 22.5 Å². The Morgan fingerprint density at radius 1 is 1.00 bits per heavy atom. The Labute approximate surface area is 185 Å². The molecule has 164 valence electrons. The topological polar surface area (TPSA) is 75.1 Å². The van der Waals surface area contributed by atoms with Gasteiger partial charge < -0.3 is 10.3 Å². The van der Waals surface area contributed by atoms with Crippen LogP contribution in [0, 0.1) is 0 Å². The summed E-state index contributed by atoms with van der Waals surface area (Å²) in [7, 11) is 0. The number of hydrogen-bond acceptors (Lipinski definition) is 3. The lowest BCUT2D eigenvalue weighted by Gasteiger charge is -2.11. The summed E-state index contributed by atoms with van der Waals surface area (Å²) in [4.78, 5) is 20.2. The number of anilines is 1. The van der Waals surface area contributed by atoms with E-state index in [-0.39, 0.29) is 5.56 Å². The summed E-state index contributed by atoms with van der Waals surface area (Å²) in [6.45, 7) is 0. The molecule has 3 heterocycles. The molecule has 0 saturated carbocycles. The van der Waals surface area contributed by atoms with Crippen LogP contribution in [-0.4, -0.2) is 25.5 Å². The van der Waals surface area contributed by atoms with Crippen LogP contribution in [0.15, 0.2) is 85.3 Å². The van der Waals surface area contributed by atoms with Gasteiger partial charge in [0.15, 0.2) is 5.65 Å². The Hall–Kier alpha value is -4.40. The Bertz CT molecular complexity index is 1450. The smallest absolute Gasteiger partial charge is 0.361 e. The Kier molecular flexibility index (Phi) is 4.93. The number of hydrogen-bond donors (Lipinski definition) is 2. The predicted octanol–water partition coefficient (Wildman–Crippen LogP) is 5.66. The van der Waals surface area contributed by atoms with E-state index in [1.54, 1.807) is 41.2 Å².